The average Bonchev–Trinajstić information content (AvgIpc) is 2.36. The fourth-order valence-corrected chi connectivity index (χ4v) is 3.03. The first kappa shape index (κ1) is 18.1. The Labute approximate surface area is 127 Å². The highest BCUT2D eigenvalue weighted by atomic mass is 32.2. The molecule has 0 aromatic heterocycles. The van der Waals surface area contributed by atoms with Crippen LogP contribution in [0.15, 0.2) is 29.2 Å². The molecule has 0 bridgehead atoms. The molecular formula is C15H25NO4S. The first-order chi connectivity index (χ1) is 9.56. The minimum absolute atomic E-state index is 0.150. The van der Waals surface area contributed by atoms with Crippen LogP contribution in [0.2, 0.25) is 0 Å². The number of hydrogen-bond acceptors (Lipinski definition) is 4. The number of aryl methyl sites for hydroxylation is 1. The van der Waals surface area contributed by atoms with Gasteiger partial charge in [0.2, 0.25) is 10.0 Å². The quantitative estimate of drug-likeness (QED) is 0.741. The van der Waals surface area contributed by atoms with Gasteiger partial charge in [-0.3, -0.25) is 0 Å². The minimum Gasteiger partial charge on any atom is -0.395 e. The first-order valence-corrected chi connectivity index (χ1v) is 8.42. The van der Waals surface area contributed by atoms with Crippen molar-refractivity contribution in [2.75, 3.05) is 6.61 Å². The molecule has 1 aromatic rings. The standard InChI is InChI=1S/C15H25NO4S/c1-11-5-7-13(8-6-11)21(19,20)16-12(10-17)9-14(18)15(2,3)4/h5-8,12,14,16-18H,9-10H2,1-4H3/t12-,14+/m1/s1. The van der Waals surface area contributed by atoms with Gasteiger partial charge in [-0.2, -0.15) is 0 Å². The Morgan fingerprint density at radius 3 is 2.14 bits per heavy atom. The molecule has 5 nitrogen and oxygen atoms in total. The molecular weight excluding hydrogens is 290 g/mol. The summed E-state index contributed by atoms with van der Waals surface area (Å²) in [7, 11) is -3.70. The minimum atomic E-state index is -3.70. The summed E-state index contributed by atoms with van der Waals surface area (Å²) < 4.78 is 26.9. The third-order valence-corrected chi connectivity index (χ3v) is 4.92. The zero-order chi connectivity index (χ0) is 16.3. The van der Waals surface area contributed by atoms with Gasteiger partial charge in [-0.25, -0.2) is 13.1 Å². The second-order valence-electron chi connectivity index (χ2n) is 6.43. The highest BCUT2D eigenvalue weighted by Gasteiger charge is 2.28. The molecule has 21 heavy (non-hydrogen) atoms. The van der Waals surface area contributed by atoms with Crippen molar-refractivity contribution >= 4 is 10.0 Å². The van der Waals surface area contributed by atoms with Crippen LogP contribution in [0.5, 0.6) is 0 Å². The van der Waals surface area contributed by atoms with Crippen molar-refractivity contribution in [2.45, 2.75) is 51.2 Å². The van der Waals surface area contributed by atoms with Crippen LogP contribution in [0.25, 0.3) is 0 Å². The maximum atomic E-state index is 12.2. The van der Waals surface area contributed by atoms with E-state index in [0.29, 0.717) is 0 Å². The Morgan fingerprint density at radius 1 is 1.19 bits per heavy atom. The van der Waals surface area contributed by atoms with Gasteiger partial charge in [-0.1, -0.05) is 38.5 Å². The van der Waals surface area contributed by atoms with Crippen LogP contribution in [-0.4, -0.2) is 37.4 Å². The van der Waals surface area contributed by atoms with E-state index < -0.39 is 22.2 Å². The lowest BCUT2D eigenvalue weighted by molar-refractivity contribution is 0.0420. The van der Waals surface area contributed by atoms with Crippen LogP contribution in [0, 0.1) is 12.3 Å². The second-order valence-corrected chi connectivity index (χ2v) is 8.15. The number of aliphatic hydroxyl groups is 2. The van der Waals surface area contributed by atoms with Gasteiger partial charge in [0.05, 0.1) is 17.6 Å². The molecule has 0 radical (unpaired) electrons. The van der Waals surface area contributed by atoms with Crippen LogP contribution in [-0.2, 0) is 10.0 Å². The third kappa shape index (κ3) is 5.39. The number of aliphatic hydroxyl groups excluding tert-OH is 2. The number of hydrogen-bond donors (Lipinski definition) is 3. The molecule has 0 spiro atoms. The van der Waals surface area contributed by atoms with Gasteiger partial charge in [-0.15, -0.1) is 0 Å². The van der Waals surface area contributed by atoms with E-state index in [1.54, 1.807) is 12.1 Å². The molecule has 0 amide bonds. The summed E-state index contributed by atoms with van der Waals surface area (Å²) >= 11 is 0. The molecule has 6 heteroatoms. The summed E-state index contributed by atoms with van der Waals surface area (Å²) in [4.78, 5) is 0.150. The molecule has 1 rings (SSSR count). The van der Waals surface area contributed by atoms with E-state index in [9.17, 15) is 18.6 Å². The fraction of sp³-hybridized carbons (Fsp3) is 0.600. The Morgan fingerprint density at radius 2 is 1.71 bits per heavy atom. The monoisotopic (exact) mass is 315 g/mol. The van der Waals surface area contributed by atoms with Crippen LogP contribution in [0.4, 0.5) is 0 Å². The zero-order valence-corrected chi connectivity index (χ0v) is 13.8. The molecule has 0 fully saturated rings. The summed E-state index contributed by atoms with van der Waals surface area (Å²) in [6.07, 6.45) is -0.555. The van der Waals surface area contributed by atoms with E-state index in [0.717, 1.165) is 5.56 Å². The largest absolute Gasteiger partial charge is 0.395 e. The van der Waals surface area contributed by atoms with Crippen molar-refractivity contribution in [3.05, 3.63) is 29.8 Å². The van der Waals surface area contributed by atoms with Gasteiger partial charge in [0.25, 0.3) is 0 Å². The van der Waals surface area contributed by atoms with Crippen molar-refractivity contribution < 1.29 is 18.6 Å². The predicted octanol–water partition coefficient (Wildman–Crippen LogP) is 1.43. The maximum Gasteiger partial charge on any atom is 0.240 e. The van der Waals surface area contributed by atoms with Crippen LogP contribution in [0.1, 0.15) is 32.8 Å². The van der Waals surface area contributed by atoms with Crippen molar-refractivity contribution in [3.8, 4) is 0 Å². The van der Waals surface area contributed by atoms with Crippen molar-refractivity contribution in [1.82, 2.24) is 4.72 Å². The van der Waals surface area contributed by atoms with Gasteiger partial charge in [0, 0.05) is 6.04 Å². The van der Waals surface area contributed by atoms with E-state index in [1.165, 1.54) is 12.1 Å². The van der Waals surface area contributed by atoms with Gasteiger partial charge in [-0.05, 0) is 30.9 Å². The molecule has 0 aliphatic carbocycles. The van der Waals surface area contributed by atoms with E-state index in [1.807, 2.05) is 27.7 Å². The SMILES string of the molecule is Cc1ccc(S(=O)(=O)N[C@@H](CO)C[C@H](O)C(C)(C)C)cc1. The van der Waals surface area contributed by atoms with Gasteiger partial charge in [0.15, 0.2) is 0 Å². The molecule has 0 aliphatic heterocycles. The smallest absolute Gasteiger partial charge is 0.240 e. The first-order valence-electron chi connectivity index (χ1n) is 6.94. The molecule has 0 unspecified atom stereocenters. The van der Waals surface area contributed by atoms with E-state index >= 15 is 0 Å². The van der Waals surface area contributed by atoms with E-state index in [2.05, 4.69) is 4.72 Å². The molecule has 1 aromatic carbocycles. The van der Waals surface area contributed by atoms with Crippen LogP contribution in [0.3, 0.4) is 0 Å². The van der Waals surface area contributed by atoms with Gasteiger partial charge < -0.3 is 10.2 Å². The van der Waals surface area contributed by atoms with Crippen molar-refractivity contribution in [1.29, 1.82) is 0 Å². The summed E-state index contributed by atoms with van der Waals surface area (Å²) in [6.45, 7) is 7.10. The fourth-order valence-electron chi connectivity index (χ4n) is 1.79. The van der Waals surface area contributed by atoms with Crippen molar-refractivity contribution in [2.24, 2.45) is 5.41 Å². The molecule has 0 saturated carbocycles. The number of sulfonamides is 1. The highest BCUT2D eigenvalue weighted by Crippen LogP contribution is 2.23. The average molecular weight is 315 g/mol. The second kappa shape index (κ2) is 6.87. The lowest BCUT2D eigenvalue weighted by Gasteiger charge is -2.29. The van der Waals surface area contributed by atoms with Gasteiger partial charge in [0.1, 0.15) is 0 Å². The maximum absolute atomic E-state index is 12.2. The lowest BCUT2D eigenvalue weighted by atomic mass is 9.86. The lowest BCUT2D eigenvalue weighted by Crippen LogP contribution is -2.42. The molecule has 0 saturated heterocycles. The summed E-state index contributed by atoms with van der Waals surface area (Å²) in [5.41, 5.74) is 0.596. The van der Waals surface area contributed by atoms with Crippen LogP contribution >= 0.6 is 0 Å². The molecule has 120 valence electrons. The van der Waals surface area contributed by atoms with E-state index in [4.69, 9.17) is 0 Å². The number of benzene rings is 1. The summed E-state index contributed by atoms with van der Waals surface area (Å²) in [5.74, 6) is 0. The number of rotatable bonds is 6. The Balaban J connectivity index is 2.83. The molecule has 3 N–H and O–H groups in total. The summed E-state index contributed by atoms with van der Waals surface area (Å²) in [6, 6.07) is 5.75. The Bertz CT molecular complexity index is 546. The Hall–Kier alpha value is -0.950. The molecule has 0 aliphatic rings. The predicted molar refractivity (Wildman–Crippen MR) is 82.5 cm³/mol. The van der Waals surface area contributed by atoms with Crippen molar-refractivity contribution in [3.63, 3.8) is 0 Å². The third-order valence-electron chi connectivity index (χ3n) is 3.38. The summed E-state index contributed by atoms with van der Waals surface area (Å²) in [5, 5.41) is 19.4. The topological polar surface area (TPSA) is 86.6 Å². The zero-order valence-electron chi connectivity index (χ0n) is 13.0. The highest BCUT2D eigenvalue weighted by molar-refractivity contribution is 7.89. The Kier molecular flexibility index (Phi) is 5.92. The van der Waals surface area contributed by atoms with Gasteiger partial charge >= 0.3 is 0 Å². The molecule has 2 atom stereocenters. The van der Waals surface area contributed by atoms with E-state index in [-0.39, 0.29) is 23.3 Å². The number of nitrogens with one attached hydrogen (secondary N) is 1. The van der Waals surface area contributed by atoms with Crippen LogP contribution < -0.4 is 4.72 Å². The molecule has 0 heterocycles. The normalized spacial score (nSPS) is 15.7.